The summed E-state index contributed by atoms with van der Waals surface area (Å²) in [7, 11) is 0. The first-order valence-corrected chi connectivity index (χ1v) is 7.81. The van der Waals surface area contributed by atoms with E-state index in [1.54, 1.807) is 18.2 Å². The van der Waals surface area contributed by atoms with Gasteiger partial charge < -0.3 is 10.1 Å². The van der Waals surface area contributed by atoms with Crippen molar-refractivity contribution in [3.63, 3.8) is 0 Å². The zero-order valence-corrected chi connectivity index (χ0v) is 13.7. The zero-order chi connectivity index (χ0) is 17.8. The average Bonchev–Trinajstić information content (AvgIpc) is 2.61. The lowest BCUT2D eigenvalue weighted by Gasteiger charge is -2.08. The molecule has 0 aromatic heterocycles. The number of carbonyl (C=O) groups excluding carboxylic acids is 2. The Morgan fingerprint density at radius 1 is 1.00 bits per heavy atom. The zero-order valence-electron chi connectivity index (χ0n) is 13.0. The van der Waals surface area contributed by atoms with Gasteiger partial charge in [0, 0.05) is 5.02 Å². The normalized spacial score (nSPS) is 10.5. The molecule has 0 aliphatic heterocycles. The number of fused-ring (bicyclic) bond motifs is 1. The Labute approximate surface area is 148 Å². The standard InChI is InChI=1S/C19H13ClFNO3/c20-15-7-8-17(16(21)10-15)22-18(23)11-25-19(24)14-6-5-12-3-1-2-4-13(12)9-14/h1-10H,11H2,(H,22,23). The van der Waals surface area contributed by atoms with E-state index in [2.05, 4.69) is 5.32 Å². The molecule has 1 N–H and O–H groups in total. The lowest BCUT2D eigenvalue weighted by molar-refractivity contribution is -0.119. The van der Waals surface area contributed by atoms with Gasteiger partial charge in [0.25, 0.3) is 5.91 Å². The van der Waals surface area contributed by atoms with Gasteiger partial charge in [-0.15, -0.1) is 0 Å². The van der Waals surface area contributed by atoms with Crippen LogP contribution in [0.2, 0.25) is 5.02 Å². The number of hydrogen-bond acceptors (Lipinski definition) is 3. The summed E-state index contributed by atoms with van der Waals surface area (Å²) in [5, 5.41) is 4.43. The minimum Gasteiger partial charge on any atom is -0.452 e. The van der Waals surface area contributed by atoms with Gasteiger partial charge in [-0.25, -0.2) is 9.18 Å². The molecular formula is C19H13ClFNO3. The molecule has 1 amide bonds. The Morgan fingerprint density at radius 2 is 1.76 bits per heavy atom. The summed E-state index contributed by atoms with van der Waals surface area (Å²) in [4.78, 5) is 23.9. The first-order valence-electron chi connectivity index (χ1n) is 7.44. The van der Waals surface area contributed by atoms with Crippen LogP contribution < -0.4 is 5.32 Å². The molecule has 3 rings (SSSR count). The number of halogens is 2. The van der Waals surface area contributed by atoms with E-state index in [1.807, 2.05) is 24.3 Å². The van der Waals surface area contributed by atoms with Crippen molar-refractivity contribution < 1.29 is 18.7 Å². The van der Waals surface area contributed by atoms with Gasteiger partial charge in [0.15, 0.2) is 6.61 Å². The van der Waals surface area contributed by atoms with Crippen molar-refractivity contribution in [1.82, 2.24) is 0 Å². The maximum absolute atomic E-state index is 13.6. The molecule has 0 aliphatic rings. The molecule has 3 aromatic rings. The second-order valence-electron chi connectivity index (χ2n) is 5.31. The highest BCUT2D eigenvalue weighted by Gasteiger charge is 2.12. The number of hydrogen-bond donors (Lipinski definition) is 1. The van der Waals surface area contributed by atoms with E-state index < -0.39 is 24.3 Å². The van der Waals surface area contributed by atoms with Gasteiger partial charge in [0.1, 0.15) is 5.82 Å². The molecular weight excluding hydrogens is 345 g/mol. The van der Waals surface area contributed by atoms with Gasteiger partial charge in [0.2, 0.25) is 0 Å². The van der Waals surface area contributed by atoms with Crippen LogP contribution in [0.1, 0.15) is 10.4 Å². The van der Waals surface area contributed by atoms with Gasteiger partial charge in [0.05, 0.1) is 11.3 Å². The Morgan fingerprint density at radius 3 is 2.52 bits per heavy atom. The van der Waals surface area contributed by atoms with Gasteiger partial charge >= 0.3 is 5.97 Å². The predicted octanol–water partition coefficient (Wildman–Crippen LogP) is 4.43. The van der Waals surface area contributed by atoms with Crippen LogP contribution in [0.3, 0.4) is 0 Å². The second kappa shape index (κ2) is 7.32. The molecule has 0 spiro atoms. The molecule has 6 heteroatoms. The summed E-state index contributed by atoms with van der Waals surface area (Å²) in [6.07, 6.45) is 0. The van der Waals surface area contributed by atoms with Gasteiger partial charge in [-0.2, -0.15) is 0 Å². The summed E-state index contributed by atoms with van der Waals surface area (Å²) in [6, 6.07) is 16.6. The molecule has 0 saturated heterocycles. The van der Waals surface area contributed by atoms with Crippen LogP contribution in [-0.2, 0) is 9.53 Å². The number of anilines is 1. The topological polar surface area (TPSA) is 55.4 Å². The first-order chi connectivity index (χ1) is 12.0. The van der Waals surface area contributed by atoms with E-state index in [4.69, 9.17) is 16.3 Å². The van der Waals surface area contributed by atoms with Crippen molar-refractivity contribution in [2.45, 2.75) is 0 Å². The minimum absolute atomic E-state index is 0.0313. The Bertz CT molecular complexity index is 958. The molecule has 0 radical (unpaired) electrons. The van der Waals surface area contributed by atoms with E-state index in [1.165, 1.54) is 12.1 Å². The smallest absolute Gasteiger partial charge is 0.338 e. The van der Waals surface area contributed by atoms with Gasteiger partial charge in [-0.05, 0) is 41.1 Å². The summed E-state index contributed by atoms with van der Waals surface area (Å²) in [6.45, 7) is -0.520. The molecule has 0 atom stereocenters. The molecule has 0 heterocycles. The third-order valence-corrected chi connectivity index (χ3v) is 3.76. The number of ether oxygens (including phenoxy) is 1. The molecule has 3 aromatic carbocycles. The summed E-state index contributed by atoms with van der Waals surface area (Å²) in [5.41, 5.74) is 0.306. The van der Waals surface area contributed by atoms with Crippen LogP contribution in [0.4, 0.5) is 10.1 Å². The number of nitrogens with one attached hydrogen (secondary N) is 1. The molecule has 4 nitrogen and oxygen atoms in total. The minimum atomic E-state index is -0.665. The van der Waals surface area contributed by atoms with Crippen molar-refractivity contribution in [2.24, 2.45) is 0 Å². The van der Waals surface area contributed by atoms with E-state index in [0.29, 0.717) is 5.56 Å². The number of amides is 1. The molecule has 0 bridgehead atoms. The highest BCUT2D eigenvalue weighted by Crippen LogP contribution is 2.19. The number of esters is 1. The molecule has 126 valence electrons. The third kappa shape index (κ3) is 4.14. The maximum Gasteiger partial charge on any atom is 0.338 e. The van der Waals surface area contributed by atoms with Gasteiger partial charge in [-0.1, -0.05) is 41.9 Å². The Kier molecular flexibility index (Phi) is 4.95. The third-order valence-electron chi connectivity index (χ3n) is 3.52. The van der Waals surface area contributed by atoms with Crippen LogP contribution in [0.15, 0.2) is 60.7 Å². The lowest BCUT2D eigenvalue weighted by Crippen LogP contribution is -2.21. The van der Waals surface area contributed by atoms with Crippen LogP contribution in [0, 0.1) is 5.82 Å². The SMILES string of the molecule is O=C(COC(=O)c1ccc2ccccc2c1)Nc1ccc(Cl)cc1F. The van der Waals surface area contributed by atoms with E-state index in [9.17, 15) is 14.0 Å². The van der Waals surface area contributed by atoms with Crippen molar-refractivity contribution in [1.29, 1.82) is 0 Å². The summed E-state index contributed by atoms with van der Waals surface area (Å²) >= 11 is 5.64. The average molecular weight is 358 g/mol. The molecule has 0 aliphatic carbocycles. The van der Waals surface area contributed by atoms with Crippen molar-refractivity contribution in [2.75, 3.05) is 11.9 Å². The Balaban J connectivity index is 1.61. The largest absolute Gasteiger partial charge is 0.452 e. The van der Waals surface area contributed by atoms with Crippen LogP contribution in [0.25, 0.3) is 10.8 Å². The van der Waals surface area contributed by atoms with E-state index in [0.717, 1.165) is 16.8 Å². The van der Waals surface area contributed by atoms with Crippen LogP contribution in [0.5, 0.6) is 0 Å². The Hall–Kier alpha value is -2.92. The molecule has 0 fully saturated rings. The lowest BCUT2D eigenvalue weighted by atomic mass is 10.1. The fraction of sp³-hybridized carbons (Fsp3) is 0.0526. The van der Waals surface area contributed by atoms with Gasteiger partial charge in [-0.3, -0.25) is 4.79 Å². The van der Waals surface area contributed by atoms with Crippen molar-refractivity contribution in [3.8, 4) is 0 Å². The molecule has 25 heavy (non-hydrogen) atoms. The number of benzene rings is 3. The fourth-order valence-corrected chi connectivity index (χ4v) is 2.47. The first kappa shape index (κ1) is 16.9. The fourth-order valence-electron chi connectivity index (χ4n) is 2.31. The maximum atomic E-state index is 13.6. The van der Waals surface area contributed by atoms with Crippen molar-refractivity contribution in [3.05, 3.63) is 77.1 Å². The summed E-state index contributed by atoms with van der Waals surface area (Å²) in [5.74, 6) is -1.94. The van der Waals surface area contributed by atoms with E-state index in [-0.39, 0.29) is 10.7 Å². The highest BCUT2D eigenvalue weighted by molar-refractivity contribution is 6.30. The quantitative estimate of drug-likeness (QED) is 0.703. The number of rotatable bonds is 4. The number of carbonyl (C=O) groups is 2. The monoisotopic (exact) mass is 357 g/mol. The molecule has 0 saturated carbocycles. The predicted molar refractivity (Wildman–Crippen MR) is 94.3 cm³/mol. The van der Waals surface area contributed by atoms with Crippen LogP contribution in [-0.4, -0.2) is 18.5 Å². The second-order valence-corrected chi connectivity index (χ2v) is 5.75. The molecule has 0 unspecified atom stereocenters. The highest BCUT2D eigenvalue weighted by atomic mass is 35.5. The van der Waals surface area contributed by atoms with Crippen LogP contribution >= 0.6 is 11.6 Å². The van der Waals surface area contributed by atoms with E-state index >= 15 is 0 Å². The van der Waals surface area contributed by atoms with Crippen molar-refractivity contribution >= 4 is 39.9 Å². The summed E-state index contributed by atoms with van der Waals surface area (Å²) < 4.78 is 18.6.